The summed E-state index contributed by atoms with van der Waals surface area (Å²) in [4.78, 5) is 16.9. The predicted molar refractivity (Wildman–Crippen MR) is 77.4 cm³/mol. The van der Waals surface area contributed by atoms with Gasteiger partial charge in [-0.25, -0.2) is 4.98 Å². The number of halogens is 1. The van der Waals surface area contributed by atoms with E-state index in [-0.39, 0.29) is 0 Å². The molecule has 0 atom stereocenters. The average Bonchev–Trinajstić information content (AvgIpc) is 3.01. The van der Waals surface area contributed by atoms with Crippen LogP contribution in [-0.4, -0.2) is 36.8 Å². The van der Waals surface area contributed by atoms with Gasteiger partial charge in [0.2, 0.25) is 5.95 Å². The van der Waals surface area contributed by atoms with E-state index in [1.165, 1.54) is 11.0 Å². The van der Waals surface area contributed by atoms with E-state index >= 15 is 0 Å². The third-order valence-electron chi connectivity index (χ3n) is 2.59. The molecule has 0 radical (unpaired) electrons. The number of hydrogen-bond donors (Lipinski definition) is 1. The molecule has 7 nitrogen and oxygen atoms in total. The van der Waals surface area contributed by atoms with Gasteiger partial charge in [-0.15, -0.1) is 0 Å². The Labute approximate surface area is 123 Å². The van der Waals surface area contributed by atoms with E-state index in [9.17, 15) is 0 Å². The van der Waals surface area contributed by atoms with E-state index in [1.54, 1.807) is 13.4 Å². The van der Waals surface area contributed by atoms with Crippen molar-refractivity contribution in [2.45, 2.75) is 0 Å². The molecular formula is C12H10BrN7. The first kappa shape index (κ1) is 12.7. The topological polar surface area (TPSA) is 81.4 Å². The summed E-state index contributed by atoms with van der Waals surface area (Å²) in [6.45, 7) is 0. The number of aromatic nitrogens is 6. The van der Waals surface area contributed by atoms with Gasteiger partial charge in [-0.1, -0.05) is 34.1 Å². The van der Waals surface area contributed by atoms with Crippen LogP contribution in [0.15, 0.2) is 41.4 Å². The summed E-state index contributed by atoms with van der Waals surface area (Å²) in [5.74, 6) is 1.44. The van der Waals surface area contributed by atoms with Gasteiger partial charge in [-0.3, -0.25) is 0 Å². The molecule has 0 amide bonds. The third kappa shape index (κ3) is 2.37. The van der Waals surface area contributed by atoms with E-state index in [1.807, 2.05) is 24.3 Å². The lowest BCUT2D eigenvalue weighted by Gasteiger charge is -2.07. The summed E-state index contributed by atoms with van der Waals surface area (Å²) in [5.41, 5.74) is 0.882. The maximum absolute atomic E-state index is 4.42. The molecule has 3 aromatic rings. The predicted octanol–water partition coefficient (Wildman–Crippen LogP) is 1.92. The Morgan fingerprint density at radius 3 is 2.70 bits per heavy atom. The lowest BCUT2D eigenvalue weighted by Crippen LogP contribution is -2.08. The minimum Gasteiger partial charge on any atom is -0.357 e. The number of hydrogen-bond acceptors (Lipinski definition) is 6. The van der Waals surface area contributed by atoms with Crippen LogP contribution in [-0.2, 0) is 0 Å². The molecule has 0 unspecified atom stereocenters. The first-order valence-corrected chi connectivity index (χ1v) is 6.61. The van der Waals surface area contributed by atoms with Gasteiger partial charge < -0.3 is 5.32 Å². The zero-order valence-corrected chi connectivity index (χ0v) is 12.1. The second-order valence-electron chi connectivity index (χ2n) is 3.85. The Kier molecular flexibility index (Phi) is 3.38. The molecule has 0 aliphatic heterocycles. The highest BCUT2D eigenvalue weighted by molar-refractivity contribution is 9.10. The van der Waals surface area contributed by atoms with Crippen LogP contribution in [0.1, 0.15) is 0 Å². The van der Waals surface area contributed by atoms with E-state index in [4.69, 9.17) is 0 Å². The highest BCUT2D eigenvalue weighted by Gasteiger charge is 2.11. The molecule has 2 heterocycles. The molecule has 1 aromatic carbocycles. The molecule has 0 bridgehead atoms. The first-order chi connectivity index (χ1) is 9.78. The second kappa shape index (κ2) is 5.33. The van der Waals surface area contributed by atoms with Crippen LogP contribution in [0.25, 0.3) is 17.3 Å². The summed E-state index contributed by atoms with van der Waals surface area (Å²) in [7, 11) is 1.75. The standard InChI is InChI=1S/C12H10BrN7/c1-14-11-17-10(8-4-2-3-5-9(8)13)18-12(19-11)20-7-15-6-16-20/h2-7H,1H3,(H,14,17,18,19). The van der Waals surface area contributed by atoms with Crippen LogP contribution in [0.5, 0.6) is 0 Å². The molecule has 0 aliphatic carbocycles. The summed E-state index contributed by atoms with van der Waals surface area (Å²) >= 11 is 3.50. The van der Waals surface area contributed by atoms with Crippen molar-refractivity contribution >= 4 is 21.9 Å². The van der Waals surface area contributed by atoms with E-state index < -0.39 is 0 Å². The second-order valence-corrected chi connectivity index (χ2v) is 4.71. The molecule has 0 fully saturated rings. The smallest absolute Gasteiger partial charge is 0.257 e. The third-order valence-corrected chi connectivity index (χ3v) is 3.28. The maximum atomic E-state index is 4.42. The van der Waals surface area contributed by atoms with Crippen LogP contribution in [0.3, 0.4) is 0 Å². The van der Waals surface area contributed by atoms with Crippen molar-refractivity contribution in [2.24, 2.45) is 0 Å². The lowest BCUT2D eigenvalue weighted by molar-refractivity contribution is 0.798. The molecule has 20 heavy (non-hydrogen) atoms. The van der Waals surface area contributed by atoms with Gasteiger partial charge in [0.1, 0.15) is 12.7 Å². The Morgan fingerprint density at radius 1 is 1.15 bits per heavy atom. The SMILES string of the molecule is CNc1nc(-c2ccccc2Br)nc(-n2cncn2)n1. The number of nitrogens with zero attached hydrogens (tertiary/aromatic N) is 6. The van der Waals surface area contributed by atoms with Crippen LogP contribution in [0.4, 0.5) is 5.95 Å². The zero-order valence-electron chi connectivity index (χ0n) is 10.5. The van der Waals surface area contributed by atoms with Crippen molar-refractivity contribution in [1.82, 2.24) is 29.7 Å². The Balaban J connectivity index is 2.17. The fraction of sp³-hybridized carbons (Fsp3) is 0.0833. The van der Waals surface area contributed by atoms with Crippen molar-refractivity contribution in [2.75, 3.05) is 12.4 Å². The highest BCUT2D eigenvalue weighted by atomic mass is 79.9. The fourth-order valence-corrected chi connectivity index (χ4v) is 2.12. The minimum atomic E-state index is 0.410. The minimum absolute atomic E-state index is 0.410. The Morgan fingerprint density at radius 2 is 2.00 bits per heavy atom. The van der Waals surface area contributed by atoms with E-state index in [2.05, 4.69) is 46.3 Å². The van der Waals surface area contributed by atoms with Gasteiger partial charge in [-0.05, 0) is 6.07 Å². The number of nitrogens with one attached hydrogen (secondary N) is 1. The molecule has 2 aromatic heterocycles. The fourth-order valence-electron chi connectivity index (χ4n) is 1.65. The number of benzene rings is 1. The summed E-state index contributed by atoms with van der Waals surface area (Å²) < 4.78 is 2.40. The van der Waals surface area contributed by atoms with Crippen LogP contribution < -0.4 is 5.32 Å². The van der Waals surface area contributed by atoms with Crippen LogP contribution >= 0.6 is 15.9 Å². The van der Waals surface area contributed by atoms with Crippen molar-refractivity contribution in [1.29, 1.82) is 0 Å². The zero-order chi connectivity index (χ0) is 13.9. The van der Waals surface area contributed by atoms with E-state index in [0.29, 0.717) is 17.7 Å². The average molecular weight is 332 g/mol. The maximum Gasteiger partial charge on any atom is 0.257 e. The lowest BCUT2D eigenvalue weighted by atomic mass is 10.2. The summed E-state index contributed by atoms with van der Waals surface area (Å²) in [6.07, 6.45) is 2.97. The molecule has 0 saturated carbocycles. The first-order valence-electron chi connectivity index (χ1n) is 5.81. The van der Waals surface area contributed by atoms with Gasteiger partial charge in [0, 0.05) is 17.1 Å². The molecule has 3 rings (SSSR count). The van der Waals surface area contributed by atoms with Crippen molar-refractivity contribution < 1.29 is 0 Å². The van der Waals surface area contributed by atoms with Gasteiger partial charge in [0.25, 0.3) is 5.95 Å². The summed E-state index contributed by atoms with van der Waals surface area (Å²) in [6, 6.07) is 7.74. The number of anilines is 1. The van der Waals surface area contributed by atoms with Crippen LogP contribution in [0, 0.1) is 0 Å². The van der Waals surface area contributed by atoms with Gasteiger partial charge in [0.15, 0.2) is 5.82 Å². The van der Waals surface area contributed by atoms with Gasteiger partial charge in [0.05, 0.1) is 0 Å². The van der Waals surface area contributed by atoms with Crippen molar-refractivity contribution in [3.05, 3.63) is 41.4 Å². The molecule has 100 valence electrons. The normalized spacial score (nSPS) is 10.5. The van der Waals surface area contributed by atoms with Crippen LogP contribution in [0.2, 0.25) is 0 Å². The Hall–Kier alpha value is -2.35. The van der Waals surface area contributed by atoms with Gasteiger partial charge in [-0.2, -0.15) is 24.7 Å². The molecule has 0 saturated heterocycles. The van der Waals surface area contributed by atoms with Crippen molar-refractivity contribution in [3.8, 4) is 17.3 Å². The highest BCUT2D eigenvalue weighted by Crippen LogP contribution is 2.25. The molecule has 0 spiro atoms. The largest absolute Gasteiger partial charge is 0.357 e. The quantitative estimate of drug-likeness (QED) is 0.789. The summed E-state index contributed by atoms with van der Waals surface area (Å²) in [5, 5.41) is 6.95. The Bertz CT molecular complexity index is 726. The monoisotopic (exact) mass is 331 g/mol. The van der Waals surface area contributed by atoms with E-state index in [0.717, 1.165) is 10.0 Å². The number of rotatable bonds is 3. The molecule has 8 heteroatoms. The molecular weight excluding hydrogens is 322 g/mol. The molecule has 0 aliphatic rings. The van der Waals surface area contributed by atoms with Crippen molar-refractivity contribution in [3.63, 3.8) is 0 Å². The molecule has 1 N–H and O–H groups in total. The van der Waals surface area contributed by atoms with Gasteiger partial charge >= 0.3 is 0 Å².